The van der Waals surface area contributed by atoms with Crippen molar-refractivity contribution in [2.45, 2.75) is 0 Å². The lowest BCUT2D eigenvalue weighted by atomic mass is 10.1. The number of ether oxygens (including phenoxy) is 3. The molecule has 0 bridgehead atoms. The van der Waals surface area contributed by atoms with Gasteiger partial charge in [-0.2, -0.15) is 0 Å². The highest BCUT2D eigenvalue weighted by molar-refractivity contribution is 5.72. The van der Waals surface area contributed by atoms with Crippen molar-refractivity contribution in [2.75, 3.05) is 21.3 Å². The number of rotatable bonds is 4. The molecule has 0 aliphatic heterocycles. The van der Waals surface area contributed by atoms with Gasteiger partial charge in [-0.3, -0.25) is 4.79 Å². The Bertz CT molecular complexity index is 637. The van der Waals surface area contributed by atoms with E-state index in [1.54, 1.807) is 19.2 Å². The van der Waals surface area contributed by atoms with Gasteiger partial charge < -0.3 is 19.2 Å². The van der Waals surface area contributed by atoms with Crippen molar-refractivity contribution in [1.29, 1.82) is 0 Å². The highest BCUT2D eigenvalue weighted by atomic mass is 16.5. The van der Waals surface area contributed by atoms with Crippen molar-refractivity contribution >= 4 is 0 Å². The van der Waals surface area contributed by atoms with E-state index in [4.69, 9.17) is 14.2 Å². The van der Waals surface area contributed by atoms with Gasteiger partial charge in [0.05, 0.1) is 26.9 Å². The Hall–Kier alpha value is -2.50. The van der Waals surface area contributed by atoms with Crippen LogP contribution in [0.4, 0.5) is 0 Å². The minimum absolute atomic E-state index is 0.234. The molecule has 0 spiro atoms. The molecule has 6 nitrogen and oxygen atoms in total. The third-order valence-corrected chi connectivity index (χ3v) is 2.63. The van der Waals surface area contributed by atoms with Crippen LogP contribution in [-0.4, -0.2) is 31.3 Å². The third-order valence-electron chi connectivity index (χ3n) is 2.63. The minimum atomic E-state index is -0.234. The van der Waals surface area contributed by atoms with Crippen molar-refractivity contribution in [3.05, 3.63) is 34.7 Å². The maximum absolute atomic E-state index is 11.3. The molecule has 1 aromatic carbocycles. The Balaban J connectivity index is 2.67. The van der Waals surface area contributed by atoms with E-state index < -0.39 is 0 Å². The van der Waals surface area contributed by atoms with Crippen LogP contribution in [0.5, 0.6) is 17.2 Å². The first-order chi connectivity index (χ1) is 9.21. The molecule has 1 heterocycles. The van der Waals surface area contributed by atoms with Crippen molar-refractivity contribution in [3.8, 4) is 28.6 Å². The lowest BCUT2D eigenvalue weighted by Crippen LogP contribution is -2.07. The molecule has 2 rings (SSSR count). The molecule has 0 saturated carbocycles. The number of nitrogens with one attached hydrogen (secondary N) is 1. The van der Waals surface area contributed by atoms with E-state index >= 15 is 0 Å². The number of hydrogen-bond donors (Lipinski definition) is 1. The summed E-state index contributed by atoms with van der Waals surface area (Å²) in [6.07, 6.45) is 1.43. The molecule has 0 aliphatic carbocycles. The van der Waals surface area contributed by atoms with Gasteiger partial charge in [0.2, 0.25) is 5.75 Å². The SMILES string of the molecule is COc1ccc(-c2nccc(=O)[nH]2)c(OC)c1OC. The molecule has 100 valence electrons. The molecule has 0 radical (unpaired) electrons. The van der Waals surface area contributed by atoms with Crippen molar-refractivity contribution < 1.29 is 14.2 Å². The molecule has 0 saturated heterocycles. The summed E-state index contributed by atoms with van der Waals surface area (Å²) in [6, 6.07) is 4.82. The summed E-state index contributed by atoms with van der Waals surface area (Å²) < 4.78 is 15.8. The first-order valence-electron chi connectivity index (χ1n) is 5.56. The molecule has 0 unspecified atom stereocenters. The molecule has 1 aromatic heterocycles. The van der Waals surface area contributed by atoms with Crippen molar-refractivity contribution in [1.82, 2.24) is 9.97 Å². The number of aromatic nitrogens is 2. The third kappa shape index (κ3) is 2.37. The van der Waals surface area contributed by atoms with Gasteiger partial charge in [0.1, 0.15) is 5.82 Å². The zero-order chi connectivity index (χ0) is 13.8. The molecular formula is C13H14N2O4. The monoisotopic (exact) mass is 262 g/mol. The van der Waals surface area contributed by atoms with Crippen molar-refractivity contribution in [3.63, 3.8) is 0 Å². The van der Waals surface area contributed by atoms with Gasteiger partial charge >= 0.3 is 0 Å². The lowest BCUT2D eigenvalue weighted by Gasteiger charge is -2.15. The van der Waals surface area contributed by atoms with Gasteiger partial charge in [0.15, 0.2) is 11.5 Å². The first kappa shape index (κ1) is 12.9. The number of benzene rings is 1. The summed E-state index contributed by atoms with van der Waals surface area (Å²) in [5, 5.41) is 0. The summed E-state index contributed by atoms with van der Waals surface area (Å²) in [6.45, 7) is 0. The second-order valence-corrected chi connectivity index (χ2v) is 3.66. The Morgan fingerprint density at radius 1 is 1.00 bits per heavy atom. The Morgan fingerprint density at radius 2 is 1.74 bits per heavy atom. The fourth-order valence-electron chi connectivity index (χ4n) is 1.79. The van der Waals surface area contributed by atoms with Crippen LogP contribution >= 0.6 is 0 Å². The van der Waals surface area contributed by atoms with E-state index in [0.29, 0.717) is 28.6 Å². The summed E-state index contributed by atoms with van der Waals surface area (Å²) in [4.78, 5) is 18.1. The molecule has 19 heavy (non-hydrogen) atoms. The fraction of sp³-hybridized carbons (Fsp3) is 0.231. The van der Waals surface area contributed by atoms with Crippen LogP contribution < -0.4 is 19.8 Å². The normalized spacial score (nSPS) is 10.1. The predicted molar refractivity (Wildman–Crippen MR) is 69.9 cm³/mol. The fourth-order valence-corrected chi connectivity index (χ4v) is 1.79. The van der Waals surface area contributed by atoms with Gasteiger partial charge in [-0.05, 0) is 12.1 Å². The molecule has 0 atom stereocenters. The Labute approximate surface area is 110 Å². The largest absolute Gasteiger partial charge is 0.493 e. The first-order valence-corrected chi connectivity index (χ1v) is 5.56. The van der Waals surface area contributed by atoms with E-state index in [9.17, 15) is 4.79 Å². The molecule has 1 N–H and O–H groups in total. The minimum Gasteiger partial charge on any atom is -0.493 e. The second-order valence-electron chi connectivity index (χ2n) is 3.66. The number of aromatic amines is 1. The number of hydrogen-bond acceptors (Lipinski definition) is 5. The Morgan fingerprint density at radius 3 is 2.32 bits per heavy atom. The maximum atomic E-state index is 11.3. The highest BCUT2D eigenvalue weighted by Crippen LogP contribution is 2.42. The van der Waals surface area contributed by atoms with Crippen LogP contribution in [0, 0.1) is 0 Å². The lowest BCUT2D eigenvalue weighted by molar-refractivity contribution is 0.325. The van der Waals surface area contributed by atoms with Crippen LogP contribution in [0.1, 0.15) is 0 Å². The van der Waals surface area contributed by atoms with Gasteiger partial charge in [-0.1, -0.05) is 0 Å². The van der Waals surface area contributed by atoms with E-state index in [2.05, 4.69) is 9.97 Å². The predicted octanol–water partition coefficient (Wildman–Crippen LogP) is 1.46. The average Bonchev–Trinajstić information content (AvgIpc) is 2.45. The van der Waals surface area contributed by atoms with Crippen LogP contribution in [0.25, 0.3) is 11.4 Å². The van der Waals surface area contributed by atoms with Gasteiger partial charge in [-0.15, -0.1) is 0 Å². The quantitative estimate of drug-likeness (QED) is 0.903. The molecule has 6 heteroatoms. The second kappa shape index (κ2) is 5.43. The number of methoxy groups -OCH3 is 3. The smallest absolute Gasteiger partial charge is 0.251 e. The highest BCUT2D eigenvalue weighted by Gasteiger charge is 2.18. The zero-order valence-corrected chi connectivity index (χ0v) is 10.9. The van der Waals surface area contributed by atoms with Gasteiger partial charge in [-0.25, -0.2) is 4.98 Å². The van der Waals surface area contributed by atoms with Crippen molar-refractivity contribution in [2.24, 2.45) is 0 Å². The van der Waals surface area contributed by atoms with Gasteiger partial charge in [0, 0.05) is 12.3 Å². The average molecular weight is 262 g/mol. The number of H-pyrrole nitrogens is 1. The van der Waals surface area contributed by atoms with Crippen LogP contribution in [0.2, 0.25) is 0 Å². The van der Waals surface area contributed by atoms with Crippen LogP contribution in [0.15, 0.2) is 29.2 Å². The number of nitrogens with zero attached hydrogens (tertiary/aromatic N) is 1. The summed E-state index contributed by atoms with van der Waals surface area (Å²) in [5.74, 6) is 1.86. The Kier molecular flexibility index (Phi) is 3.70. The van der Waals surface area contributed by atoms with E-state index in [1.807, 2.05) is 0 Å². The molecular weight excluding hydrogens is 248 g/mol. The molecule has 0 fully saturated rings. The molecule has 0 amide bonds. The van der Waals surface area contributed by atoms with Gasteiger partial charge in [0.25, 0.3) is 5.56 Å². The van der Waals surface area contributed by atoms with Crippen LogP contribution in [0.3, 0.4) is 0 Å². The topological polar surface area (TPSA) is 73.4 Å². The maximum Gasteiger partial charge on any atom is 0.251 e. The zero-order valence-electron chi connectivity index (χ0n) is 10.9. The summed E-state index contributed by atoms with van der Waals surface area (Å²) in [7, 11) is 4.58. The van der Waals surface area contributed by atoms with Crippen LogP contribution in [-0.2, 0) is 0 Å². The van der Waals surface area contributed by atoms with E-state index in [0.717, 1.165) is 0 Å². The van der Waals surface area contributed by atoms with E-state index in [-0.39, 0.29) is 5.56 Å². The molecule has 0 aliphatic rings. The standard InChI is InChI=1S/C13H14N2O4/c1-17-9-5-4-8(11(18-2)12(9)19-3)13-14-7-6-10(16)15-13/h4-7H,1-3H3,(H,14,15,16). The van der Waals surface area contributed by atoms with E-state index in [1.165, 1.54) is 26.5 Å². The molecule has 2 aromatic rings. The summed E-state index contributed by atoms with van der Waals surface area (Å²) >= 11 is 0. The summed E-state index contributed by atoms with van der Waals surface area (Å²) in [5.41, 5.74) is 0.389.